The van der Waals surface area contributed by atoms with Crippen LogP contribution in [0, 0.1) is 13.8 Å². The van der Waals surface area contributed by atoms with E-state index in [1.54, 1.807) is 13.8 Å². The molecule has 3 rings (SSSR count). The van der Waals surface area contributed by atoms with Crippen molar-refractivity contribution in [3.63, 3.8) is 0 Å². The van der Waals surface area contributed by atoms with Crippen molar-refractivity contribution in [1.82, 2.24) is 15.1 Å². The van der Waals surface area contributed by atoms with Gasteiger partial charge in [-0.2, -0.15) is 5.10 Å². The quantitative estimate of drug-likeness (QED) is 0.698. The van der Waals surface area contributed by atoms with Crippen molar-refractivity contribution in [2.45, 2.75) is 33.7 Å². The first kappa shape index (κ1) is 18.8. The van der Waals surface area contributed by atoms with E-state index >= 15 is 0 Å². The molecule has 0 radical (unpaired) electrons. The molecule has 1 aromatic carbocycles. The van der Waals surface area contributed by atoms with Crippen molar-refractivity contribution in [2.24, 2.45) is 0 Å². The number of anilines is 1. The fourth-order valence-corrected chi connectivity index (χ4v) is 3.19. The molecule has 0 fully saturated rings. The predicted octanol–water partition coefficient (Wildman–Crippen LogP) is 2.77. The monoisotopic (exact) mass is 368 g/mol. The first-order valence-corrected chi connectivity index (χ1v) is 8.93. The summed E-state index contributed by atoms with van der Waals surface area (Å²) in [4.78, 5) is 26.5. The number of aromatic nitrogens is 2. The van der Waals surface area contributed by atoms with Crippen LogP contribution in [0.4, 0.5) is 5.88 Å². The van der Waals surface area contributed by atoms with Gasteiger partial charge in [0.2, 0.25) is 11.8 Å². The van der Waals surface area contributed by atoms with Gasteiger partial charge in [-0.25, -0.2) is 5.10 Å². The minimum Gasteiger partial charge on any atom is -0.444 e. The lowest BCUT2D eigenvalue weighted by Crippen LogP contribution is -2.30. The van der Waals surface area contributed by atoms with Crippen molar-refractivity contribution in [1.29, 1.82) is 0 Å². The molecular weight excluding hydrogens is 344 g/mol. The highest BCUT2D eigenvalue weighted by atomic mass is 16.4. The van der Waals surface area contributed by atoms with Crippen LogP contribution in [-0.2, 0) is 17.8 Å². The molecule has 0 saturated carbocycles. The van der Waals surface area contributed by atoms with E-state index < -0.39 is 0 Å². The van der Waals surface area contributed by atoms with Crippen LogP contribution >= 0.6 is 0 Å². The van der Waals surface area contributed by atoms with E-state index in [-0.39, 0.29) is 23.9 Å². The number of nitrogens with zero attached hydrogens (tertiary/aromatic N) is 2. The number of hydrogen-bond acceptors (Lipinski definition) is 5. The number of rotatable bonds is 6. The molecule has 0 unspecified atom stereocenters. The summed E-state index contributed by atoms with van der Waals surface area (Å²) in [5, 5.41) is 10.1. The van der Waals surface area contributed by atoms with E-state index in [0.717, 1.165) is 12.0 Å². The number of H-pyrrole nitrogens is 1. The maximum atomic E-state index is 12.4. The topological polar surface area (TPSA) is 91.2 Å². The Morgan fingerprint density at radius 1 is 1.19 bits per heavy atom. The van der Waals surface area contributed by atoms with Crippen molar-refractivity contribution in [3.05, 3.63) is 57.2 Å². The fraction of sp³-hybridized carbons (Fsp3) is 0.350. The standard InChI is InChI=1S/C20H24N4O3/c1-5-14-6-8-15(9-7-14)10-24(4)11-16(25)21-20-18-17(13(3)27-20)12(2)22-23-19(18)26/h6-9H,5,10-11H2,1-4H3,(H,21,25)(H,23,26). The van der Waals surface area contributed by atoms with Gasteiger partial charge < -0.3 is 4.42 Å². The molecule has 0 bridgehead atoms. The first-order valence-electron chi connectivity index (χ1n) is 8.93. The number of carbonyl (C=O) groups excluding carboxylic acids is 1. The van der Waals surface area contributed by atoms with E-state index in [9.17, 15) is 9.59 Å². The van der Waals surface area contributed by atoms with E-state index in [1.807, 2.05) is 11.9 Å². The number of fused-ring (bicyclic) bond motifs is 1. The molecule has 2 heterocycles. The summed E-state index contributed by atoms with van der Waals surface area (Å²) < 4.78 is 5.61. The number of benzene rings is 1. The molecule has 2 N–H and O–H groups in total. The van der Waals surface area contributed by atoms with Gasteiger partial charge in [0.25, 0.3) is 5.56 Å². The van der Waals surface area contributed by atoms with Gasteiger partial charge >= 0.3 is 0 Å². The number of aromatic amines is 1. The predicted molar refractivity (Wildman–Crippen MR) is 105 cm³/mol. The number of aryl methyl sites for hydroxylation is 3. The second-order valence-electron chi connectivity index (χ2n) is 6.77. The molecule has 0 saturated heterocycles. The van der Waals surface area contributed by atoms with Crippen LogP contribution in [0.25, 0.3) is 10.8 Å². The molecule has 0 atom stereocenters. The Labute approximate surface area is 157 Å². The van der Waals surface area contributed by atoms with Crippen molar-refractivity contribution < 1.29 is 9.21 Å². The minimum absolute atomic E-state index is 0.167. The normalized spacial score (nSPS) is 11.3. The lowest BCUT2D eigenvalue weighted by molar-refractivity contribution is -0.117. The Kier molecular flexibility index (Phi) is 5.41. The molecule has 0 spiro atoms. The van der Waals surface area contributed by atoms with Gasteiger partial charge in [-0.3, -0.25) is 19.8 Å². The van der Waals surface area contributed by atoms with Gasteiger partial charge in [0.15, 0.2) is 0 Å². The van der Waals surface area contributed by atoms with Crippen LogP contribution in [-0.4, -0.2) is 34.6 Å². The zero-order chi connectivity index (χ0) is 19.6. The Hall–Kier alpha value is -2.93. The highest BCUT2D eigenvalue weighted by Crippen LogP contribution is 2.28. The molecule has 7 nitrogen and oxygen atoms in total. The Morgan fingerprint density at radius 2 is 1.85 bits per heavy atom. The van der Waals surface area contributed by atoms with E-state index in [4.69, 9.17) is 4.42 Å². The van der Waals surface area contributed by atoms with Crippen molar-refractivity contribution in [2.75, 3.05) is 18.9 Å². The van der Waals surface area contributed by atoms with Gasteiger partial charge in [-0.15, -0.1) is 0 Å². The Bertz CT molecular complexity index is 1020. The number of nitrogens with one attached hydrogen (secondary N) is 2. The largest absolute Gasteiger partial charge is 0.444 e. The SMILES string of the molecule is CCc1ccc(CN(C)CC(=O)Nc2oc(C)c3c(C)n[nH]c(=O)c23)cc1. The summed E-state index contributed by atoms with van der Waals surface area (Å²) >= 11 is 0. The van der Waals surface area contributed by atoms with Gasteiger partial charge in [0.05, 0.1) is 17.6 Å². The molecule has 7 heteroatoms. The molecule has 0 aliphatic rings. The highest BCUT2D eigenvalue weighted by Gasteiger charge is 2.19. The summed E-state index contributed by atoms with van der Waals surface area (Å²) in [6.45, 7) is 6.48. The average molecular weight is 368 g/mol. The highest BCUT2D eigenvalue weighted by molar-refractivity contribution is 6.01. The molecule has 3 aromatic rings. The lowest BCUT2D eigenvalue weighted by atomic mass is 10.1. The summed E-state index contributed by atoms with van der Waals surface area (Å²) in [6.07, 6.45) is 1.00. The molecule has 0 aliphatic heterocycles. The second-order valence-corrected chi connectivity index (χ2v) is 6.77. The van der Waals surface area contributed by atoms with Crippen LogP contribution in [0.1, 0.15) is 29.5 Å². The third-order valence-corrected chi connectivity index (χ3v) is 4.55. The van der Waals surface area contributed by atoms with Crippen LogP contribution in [0.3, 0.4) is 0 Å². The maximum Gasteiger partial charge on any atom is 0.277 e. The summed E-state index contributed by atoms with van der Waals surface area (Å²) in [6, 6.07) is 8.35. The molecule has 0 aliphatic carbocycles. The maximum absolute atomic E-state index is 12.4. The third-order valence-electron chi connectivity index (χ3n) is 4.55. The summed E-state index contributed by atoms with van der Waals surface area (Å²) in [5.74, 6) is 0.480. The van der Waals surface area contributed by atoms with Crippen LogP contribution < -0.4 is 10.9 Å². The van der Waals surface area contributed by atoms with E-state index in [1.165, 1.54) is 5.56 Å². The average Bonchev–Trinajstić information content (AvgIpc) is 2.95. The summed E-state index contributed by atoms with van der Waals surface area (Å²) in [7, 11) is 1.87. The first-order chi connectivity index (χ1) is 12.9. The smallest absolute Gasteiger partial charge is 0.277 e. The van der Waals surface area contributed by atoms with Crippen LogP contribution in [0.5, 0.6) is 0 Å². The molecule has 1 amide bonds. The number of likely N-dealkylation sites (N-methyl/N-ethyl adjacent to an activating group) is 1. The fourth-order valence-electron chi connectivity index (χ4n) is 3.19. The number of furan rings is 1. The number of amides is 1. The van der Waals surface area contributed by atoms with E-state index in [0.29, 0.717) is 28.8 Å². The van der Waals surface area contributed by atoms with Gasteiger partial charge in [0.1, 0.15) is 11.1 Å². The third kappa shape index (κ3) is 4.09. The van der Waals surface area contributed by atoms with E-state index in [2.05, 4.69) is 46.7 Å². The van der Waals surface area contributed by atoms with Crippen LogP contribution in [0.2, 0.25) is 0 Å². The zero-order valence-corrected chi connectivity index (χ0v) is 16.0. The van der Waals surface area contributed by atoms with Gasteiger partial charge in [-0.05, 0) is 38.4 Å². The molecule has 27 heavy (non-hydrogen) atoms. The zero-order valence-electron chi connectivity index (χ0n) is 16.0. The van der Waals surface area contributed by atoms with Gasteiger partial charge in [-0.1, -0.05) is 31.2 Å². The number of hydrogen-bond donors (Lipinski definition) is 2. The second kappa shape index (κ2) is 7.75. The van der Waals surface area contributed by atoms with Gasteiger partial charge in [0, 0.05) is 6.54 Å². The van der Waals surface area contributed by atoms with Crippen molar-refractivity contribution in [3.8, 4) is 0 Å². The van der Waals surface area contributed by atoms with Crippen molar-refractivity contribution >= 4 is 22.6 Å². The molecule has 2 aromatic heterocycles. The molecular formula is C20H24N4O3. The molecule has 142 valence electrons. The summed E-state index contributed by atoms with van der Waals surface area (Å²) in [5.41, 5.74) is 2.69. The Morgan fingerprint density at radius 3 is 2.52 bits per heavy atom. The lowest BCUT2D eigenvalue weighted by Gasteiger charge is -2.16. The number of carbonyl (C=O) groups is 1. The minimum atomic E-state index is -0.382. The van der Waals surface area contributed by atoms with Crippen LogP contribution in [0.15, 0.2) is 33.5 Å². The Balaban J connectivity index is 1.69.